The third kappa shape index (κ3) is 4.93. The largest absolute Gasteiger partial charge is 0.508 e. The number of hydrogen-bond acceptors (Lipinski definition) is 4. The van der Waals surface area contributed by atoms with Crippen LogP contribution >= 0.6 is 0 Å². The van der Waals surface area contributed by atoms with Crippen LogP contribution in [0.25, 0.3) is 0 Å². The highest BCUT2D eigenvalue weighted by atomic mass is 16.5. The van der Waals surface area contributed by atoms with Gasteiger partial charge in [-0.25, -0.2) is 0 Å². The van der Waals surface area contributed by atoms with Crippen LogP contribution in [-0.4, -0.2) is 28.0 Å². The monoisotopic (exact) mass is 400 g/mol. The molecule has 0 aromatic heterocycles. The van der Waals surface area contributed by atoms with Gasteiger partial charge in [0.25, 0.3) is 0 Å². The quantitative estimate of drug-likeness (QED) is 0.578. The molecule has 0 saturated carbocycles. The molecular formula is C25H36O4. The van der Waals surface area contributed by atoms with Crippen molar-refractivity contribution in [3.05, 3.63) is 58.7 Å². The number of phenols is 1. The van der Waals surface area contributed by atoms with Gasteiger partial charge in [0.05, 0.1) is 12.7 Å². The molecule has 2 aromatic carbocycles. The standard InChI is InChI=1S/C25H36O4/c1-7-25(8-2,20-9-11-21(27)18(14-20)15-26)19-10-12-22(17(3)13-19)29-16-23(28)24(4,5)6/h9-14,23,26-28H,7-8,15-16H2,1-6H3. The van der Waals surface area contributed by atoms with Gasteiger partial charge in [0, 0.05) is 11.0 Å². The van der Waals surface area contributed by atoms with Gasteiger partial charge in [-0.1, -0.05) is 52.8 Å². The molecule has 0 radical (unpaired) electrons. The molecule has 160 valence electrons. The first kappa shape index (κ1) is 23.2. The average Bonchev–Trinajstić information content (AvgIpc) is 2.68. The Morgan fingerprint density at radius 3 is 2.07 bits per heavy atom. The van der Waals surface area contributed by atoms with E-state index < -0.39 is 6.10 Å². The summed E-state index contributed by atoms with van der Waals surface area (Å²) in [4.78, 5) is 0. The van der Waals surface area contributed by atoms with Gasteiger partial charge in [-0.15, -0.1) is 0 Å². The maximum absolute atomic E-state index is 10.3. The van der Waals surface area contributed by atoms with Gasteiger partial charge >= 0.3 is 0 Å². The van der Waals surface area contributed by atoms with E-state index in [2.05, 4.69) is 26.0 Å². The summed E-state index contributed by atoms with van der Waals surface area (Å²) in [6.45, 7) is 12.4. The van der Waals surface area contributed by atoms with E-state index in [1.165, 1.54) is 5.56 Å². The lowest BCUT2D eigenvalue weighted by atomic mass is 9.70. The fraction of sp³-hybridized carbons (Fsp3) is 0.520. The number of aliphatic hydroxyl groups is 2. The highest BCUT2D eigenvalue weighted by molar-refractivity contribution is 5.48. The molecule has 0 saturated heterocycles. The lowest BCUT2D eigenvalue weighted by Gasteiger charge is -2.34. The summed E-state index contributed by atoms with van der Waals surface area (Å²) in [5, 5.41) is 29.8. The smallest absolute Gasteiger partial charge is 0.122 e. The number of aliphatic hydroxyl groups excluding tert-OH is 2. The summed E-state index contributed by atoms with van der Waals surface area (Å²) in [6, 6.07) is 11.7. The normalized spacial score (nSPS) is 13.4. The Balaban J connectivity index is 2.38. The van der Waals surface area contributed by atoms with Gasteiger partial charge in [-0.05, 0) is 60.1 Å². The van der Waals surface area contributed by atoms with E-state index in [1.807, 2.05) is 45.9 Å². The first-order chi connectivity index (χ1) is 13.6. The molecule has 0 fully saturated rings. The number of ether oxygens (including phenoxy) is 1. The van der Waals surface area contributed by atoms with Gasteiger partial charge in [0.15, 0.2) is 0 Å². The van der Waals surface area contributed by atoms with Gasteiger partial charge in [0.1, 0.15) is 18.1 Å². The molecular weight excluding hydrogens is 364 g/mol. The predicted molar refractivity (Wildman–Crippen MR) is 118 cm³/mol. The minimum absolute atomic E-state index is 0.120. The summed E-state index contributed by atoms with van der Waals surface area (Å²) in [7, 11) is 0. The second-order valence-corrected chi connectivity index (χ2v) is 8.96. The zero-order chi connectivity index (χ0) is 21.8. The molecule has 0 aliphatic carbocycles. The van der Waals surface area contributed by atoms with Crippen LogP contribution in [0.4, 0.5) is 0 Å². The lowest BCUT2D eigenvalue weighted by molar-refractivity contribution is 0.0216. The van der Waals surface area contributed by atoms with Crippen molar-refractivity contribution in [1.29, 1.82) is 0 Å². The Kier molecular flexibility index (Phi) is 7.36. The molecule has 0 bridgehead atoms. The zero-order valence-electron chi connectivity index (χ0n) is 18.6. The third-order valence-corrected chi connectivity index (χ3v) is 6.13. The number of rotatable bonds is 8. The Morgan fingerprint density at radius 2 is 1.55 bits per heavy atom. The Bertz CT molecular complexity index is 816. The minimum Gasteiger partial charge on any atom is -0.508 e. The first-order valence-corrected chi connectivity index (χ1v) is 10.4. The van der Waals surface area contributed by atoms with Crippen molar-refractivity contribution < 1.29 is 20.1 Å². The van der Waals surface area contributed by atoms with Gasteiger partial charge < -0.3 is 20.1 Å². The van der Waals surface area contributed by atoms with E-state index in [1.54, 1.807) is 6.07 Å². The van der Waals surface area contributed by atoms with E-state index in [0.29, 0.717) is 5.56 Å². The molecule has 4 nitrogen and oxygen atoms in total. The van der Waals surface area contributed by atoms with E-state index in [4.69, 9.17) is 4.74 Å². The topological polar surface area (TPSA) is 69.9 Å². The summed E-state index contributed by atoms with van der Waals surface area (Å²) >= 11 is 0. The molecule has 0 heterocycles. The van der Waals surface area contributed by atoms with E-state index in [-0.39, 0.29) is 29.8 Å². The second kappa shape index (κ2) is 9.19. The van der Waals surface area contributed by atoms with Crippen molar-refractivity contribution in [3.8, 4) is 11.5 Å². The SMILES string of the molecule is CCC(CC)(c1ccc(OCC(O)C(C)(C)C)c(C)c1)c1ccc(O)c(CO)c1. The molecule has 29 heavy (non-hydrogen) atoms. The summed E-state index contributed by atoms with van der Waals surface area (Å²) < 4.78 is 5.90. The fourth-order valence-electron chi connectivity index (χ4n) is 3.77. The molecule has 0 spiro atoms. The number of hydrogen-bond donors (Lipinski definition) is 3. The molecule has 0 aliphatic heterocycles. The van der Waals surface area contributed by atoms with E-state index in [9.17, 15) is 15.3 Å². The molecule has 3 N–H and O–H groups in total. The van der Waals surface area contributed by atoms with Crippen LogP contribution in [0.1, 0.15) is 69.7 Å². The van der Waals surface area contributed by atoms with Crippen LogP contribution in [0.15, 0.2) is 36.4 Å². The third-order valence-electron chi connectivity index (χ3n) is 6.13. The van der Waals surface area contributed by atoms with Crippen LogP contribution < -0.4 is 4.74 Å². The summed E-state index contributed by atoms with van der Waals surface area (Å²) in [5.74, 6) is 0.898. The van der Waals surface area contributed by atoms with Crippen LogP contribution in [0.2, 0.25) is 0 Å². The Labute approximate surface area is 175 Å². The van der Waals surface area contributed by atoms with Crippen LogP contribution in [0, 0.1) is 12.3 Å². The van der Waals surface area contributed by atoms with E-state index >= 15 is 0 Å². The Hall–Kier alpha value is -2.04. The van der Waals surface area contributed by atoms with Crippen molar-refractivity contribution in [2.45, 2.75) is 72.5 Å². The van der Waals surface area contributed by atoms with Crippen molar-refractivity contribution in [3.63, 3.8) is 0 Å². The predicted octanol–water partition coefficient (Wildman–Crippen LogP) is 5.08. The van der Waals surface area contributed by atoms with Crippen molar-refractivity contribution in [1.82, 2.24) is 0 Å². The van der Waals surface area contributed by atoms with Gasteiger partial charge in [0.2, 0.25) is 0 Å². The summed E-state index contributed by atoms with van der Waals surface area (Å²) in [5.41, 5.74) is 3.39. The maximum Gasteiger partial charge on any atom is 0.122 e. The molecule has 2 aromatic rings. The van der Waals surface area contributed by atoms with Crippen LogP contribution in [0.3, 0.4) is 0 Å². The van der Waals surface area contributed by atoms with Crippen molar-refractivity contribution in [2.24, 2.45) is 5.41 Å². The number of benzene rings is 2. The molecule has 2 rings (SSSR count). The molecule has 4 heteroatoms. The lowest BCUT2D eigenvalue weighted by Crippen LogP contribution is -2.32. The fourth-order valence-corrected chi connectivity index (χ4v) is 3.77. The van der Waals surface area contributed by atoms with Gasteiger partial charge in [-0.2, -0.15) is 0 Å². The van der Waals surface area contributed by atoms with Gasteiger partial charge in [-0.3, -0.25) is 0 Å². The highest BCUT2D eigenvalue weighted by Gasteiger charge is 2.32. The maximum atomic E-state index is 10.3. The van der Waals surface area contributed by atoms with Crippen molar-refractivity contribution in [2.75, 3.05) is 6.61 Å². The molecule has 1 unspecified atom stereocenters. The first-order valence-electron chi connectivity index (χ1n) is 10.4. The summed E-state index contributed by atoms with van der Waals surface area (Å²) in [6.07, 6.45) is 1.24. The molecule has 0 amide bonds. The molecule has 0 aliphatic rings. The average molecular weight is 401 g/mol. The van der Waals surface area contributed by atoms with Crippen LogP contribution in [-0.2, 0) is 12.0 Å². The Morgan fingerprint density at radius 1 is 0.966 bits per heavy atom. The van der Waals surface area contributed by atoms with E-state index in [0.717, 1.165) is 29.7 Å². The minimum atomic E-state index is -0.541. The molecule has 1 atom stereocenters. The van der Waals surface area contributed by atoms with Crippen molar-refractivity contribution >= 4 is 0 Å². The highest BCUT2D eigenvalue weighted by Crippen LogP contribution is 2.41. The van der Waals surface area contributed by atoms with Crippen LogP contribution in [0.5, 0.6) is 11.5 Å². The number of aryl methyl sites for hydroxylation is 1. The second-order valence-electron chi connectivity index (χ2n) is 8.96. The number of aromatic hydroxyl groups is 1. The zero-order valence-corrected chi connectivity index (χ0v) is 18.6.